The molecule has 0 saturated heterocycles. The van der Waals surface area contributed by atoms with Crippen molar-refractivity contribution in [1.82, 2.24) is 5.32 Å². The number of hydrogen-bond acceptors (Lipinski definition) is 3. The molecule has 0 aliphatic heterocycles. The summed E-state index contributed by atoms with van der Waals surface area (Å²) in [6, 6.07) is 7.09. The van der Waals surface area contributed by atoms with Crippen molar-refractivity contribution >= 4 is 9.84 Å². The lowest BCUT2D eigenvalue weighted by Gasteiger charge is -2.20. The first-order chi connectivity index (χ1) is 8.21. The van der Waals surface area contributed by atoms with Crippen LogP contribution in [0.4, 0.5) is 0 Å². The monoisotopic (exact) mass is 269 g/mol. The second kappa shape index (κ2) is 5.85. The second-order valence-corrected chi connectivity index (χ2v) is 7.77. The summed E-state index contributed by atoms with van der Waals surface area (Å²) in [4.78, 5) is 0.429. The largest absolute Gasteiger partial charge is 0.312 e. The molecule has 0 bridgehead atoms. The molecular weight excluding hydrogens is 246 g/mol. The summed E-state index contributed by atoms with van der Waals surface area (Å²) < 4.78 is 24.2. The molecule has 1 rings (SSSR count). The van der Waals surface area contributed by atoms with E-state index in [0.717, 1.165) is 5.56 Å². The first kappa shape index (κ1) is 15.2. The Morgan fingerprint density at radius 3 is 2.44 bits per heavy atom. The first-order valence-electron chi connectivity index (χ1n) is 6.25. The maximum Gasteiger partial charge on any atom is 0.178 e. The SMILES string of the molecule is Cc1cccc(S(=O)(=O)CCCNC(C)(C)C)c1. The number of benzene rings is 1. The van der Waals surface area contributed by atoms with Gasteiger partial charge in [0.25, 0.3) is 0 Å². The molecule has 0 aromatic heterocycles. The molecule has 0 heterocycles. The fourth-order valence-corrected chi connectivity index (χ4v) is 3.06. The second-order valence-electron chi connectivity index (χ2n) is 5.67. The van der Waals surface area contributed by atoms with E-state index in [1.165, 1.54) is 0 Å². The van der Waals surface area contributed by atoms with E-state index in [2.05, 4.69) is 26.1 Å². The van der Waals surface area contributed by atoms with Crippen LogP contribution in [0.3, 0.4) is 0 Å². The number of nitrogens with one attached hydrogen (secondary N) is 1. The zero-order chi connectivity index (χ0) is 13.8. The Bertz CT molecular complexity index is 487. The van der Waals surface area contributed by atoms with Crippen molar-refractivity contribution in [3.05, 3.63) is 29.8 Å². The molecule has 0 amide bonds. The lowest BCUT2D eigenvalue weighted by molar-refractivity contribution is 0.426. The molecule has 0 fully saturated rings. The van der Waals surface area contributed by atoms with Gasteiger partial charge in [0, 0.05) is 5.54 Å². The van der Waals surface area contributed by atoms with Gasteiger partial charge in [0.15, 0.2) is 9.84 Å². The number of aryl methyl sites for hydroxylation is 1. The summed E-state index contributed by atoms with van der Waals surface area (Å²) in [5.74, 6) is 0.194. The number of rotatable bonds is 5. The van der Waals surface area contributed by atoms with E-state index < -0.39 is 9.84 Å². The van der Waals surface area contributed by atoms with Crippen LogP contribution in [-0.4, -0.2) is 26.3 Å². The molecular formula is C14H23NO2S. The molecule has 0 saturated carbocycles. The summed E-state index contributed by atoms with van der Waals surface area (Å²) in [6.07, 6.45) is 0.632. The Balaban J connectivity index is 2.56. The summed E-state index contributed by atoms with van der Waals surface area (Å²) in [6.45, 7) is 8.83. The van der Waals surface area contributed by atoms with Gasteiger partial charge in [-0.1, -0.05) is 12.1 Å². The summed E-state index contributed by atoms with van der Waals surface area (Å²) in [7, 11) is -3.14. The summed E-state index contributed by atoms with van der Waals surface area (Å²) >= 11 is 0. The maximum absolute atomic E-state index is 12.1. The van der Waals surface area contributed by atoms with Gasteiger partial charge in [-0.05, 0) is 58.4 Å². The maximum atomic E-state index is 12.1. The normalized spacial score (nSPS) is 12.7. The minimum atomic E-state index is -3.14. The standard InChI is InChI=1S/C14H23NO2S/c1-12-7-5-8-13(11-12)18(16,17)10-6-9-15-14(2,3)4/h5,7-8,11,15H,6,9-10H2,1-4H3. The molecule has 102 valence electrons. The number of sulfone groups is 1. The molecule has 0 radical (unpaired) electrons. The van der Waals surface area contributed by atoms with Crippen LogP contribution in [0.5, 0.6) is 0 Å². The van der Waals surface area contributed by atoms with Crippen LogP contribution in [0.1, 0.15) is 32.8 Å². The molecule has 1 N–H and O–H groups in total. The van der Waals surface area contributed by atoms with Crippen molar-refractivity contribution in [1.29, 1.82) is 0 Å². The Labute approximate surface area is 111 Å². The van der Waals surface area contributed by atoms with E-state index in [1.54, 1.807) is 18.2 Å². The lowest BCUT2D eigenvalue weighted by Crippen LogP contribution is -2.36. The minimum Gasteiger partial charge on any atom is -0.312 e. The highest BCUT2D eigenvalue weighted by atomic mass is 32.2. The highest BCUT2D eigenvalue weighted by Gasteiger charge is 2.15. The van der Waals surface area contributed by atoms with E-state index in [4.69, 9.17) is 0 Å². The van der Waals surface area contributed by atoms with E-state index in [0.29, 0.717) is 17.9 Å². The third-order valence-electron chi connectivity index (χ3n) is 2.59. The lowest BCUT2D eigenvalue weighted by atomic mass is 10.1. The fraction of sp³-hybridized carbons (Fsp3) is 0.571. The smallest absolute Gasteiger partial charge is 0.178 e. The van der Waals surface area contributed by atoms with Crippen molar-refractivity contribution in [2.75, 3.05) is 12.3 Å². The molecule has 0 aliphatic carbocycles. The number of hydrogen-bond donors (Lipinski definition) is 1. The predicted molar refractivity (Wildman–Crippen MR) is 75.6 cm³/mol. The van der Waals surface area contributed by atoms with Crippen molar-refractivity contribution in [3.8, 4) is 0 Å². The summed E-state index contributed by atoms with van der Waals surface area (Å²) in [5.41, 5.74) is 1.01. The van der Waals surface area contributed by atoms with Crippen LogP contribution in [0.25, 0.3) is 0 Å². The molecule has 0 spiro atoms. The topological polar surface area (TPSA) is 46.2 Å². The minimum absolute atomic E-state index is 0.0348. The van der Waals surface area contributed by atoms with Gasteiger partial charge in [-0.15, -0.1) is 0 Å². The van der Waals surface area contributed by atoms with Gasteiger partial charge in [0.2, 0.25) is 0 Å². The third kappa shape index (κ3) is 5.19. The molecule has 0 atom stereocenters. The van der Waals surface area contributed by atoms with Crippen LogP contribution in [0.15, 0.2) is 29.2 Å². The van der Waals surface area contributed by atoms with Gasteiger partial charge in [-0.3, -0.25) is 0 Å². The highest BCUT2D eigenvalue weighted by molar-refractivity contribution is 7.91. The van der Waals surface area contributed by atoms with Gasteiger partial charge in [-0.2, -0.15) is 0 Å². The average Bonchev–Trinajstić information content (AvgIpc) is 2.23. The molecule has 0 aliphatic rings. The highest BCUT2D eigenvalue weighted by Crippen LogP contribution is 2.13. The third-order valence-corrected chi connectivity index (χ3v) is 4.39. The zero-order valence-electron chi connectivity index (χ0n) is 11.7. The molecule has 18 heavy (non-hydrogen) atoms. The predicted octanol–water partition coefficient (Wildman–Crippen LogP) is 2.55. The van der Waals surface area contributed by atoms with Gasteiger partial charge in [-0.25, -0.2) is 8.42 Å². The van der Waals surface area contributed by atoms with Crippen LogP contribution in [0.2, 0.25) is 0 Å². The van der Waals surface area contributed by atoms with E-state index >= 15 is 0 Å². The van der Waals surface area contributed by atoms with Crippen molar-refractivity contribution in [2.45, 2.75) is 44.6 Å². The fourth-order valence-electron chi connectivity index (χ4n) is 1.65. The molecule has 0 unspecified atom stereocenters. The zero-order valence-corrected chi connectivity index (χ0v) is 12.5. The summed E-state index contributed by atoms with van der Waals surface area (Å²) in [5, 5.41) is 3.29. The Morgan fingerprint density at radius 2 is 1.89 bits per heavy atom. The van der Waals surface area contributed by atoms with Crippen LogP contribution >= 0.6 is 0 Å². The van der Waals surface area contributed by atoms with E-state index in [-0.39, 0.29) is 11.3 Å². The van der Waals surface area contributed by atoms with Gasteiger partial charge in [0.1, 0.15) is 0 Å². The van der Waals surface area contributed by atoms with Crippen molar-refractivity contribution in [3.63, 3.8) is 0 Å². The Morgan fingerprint density at radius 1 is 1.22 bits per heavy atom. The van der Waals surface area contributed by atoms with Gasteiger partial charge >= 0.3 is 0 Å². The first-order valence-corrected chi connectivity index (χ1v) is 7.90. The average molecular weight is 269 g/mol. The quantitative estimate of drug-likeness (QED) is 0.836. The van der Waals surface area contributed by atoms with Crippen molar-refractivity contribution in [2.24, 2.45) is 0 Å². The van der Waals surface area contributed by atoms with Crippen LogP contribution in [0, 0.1) is 6.92 Å². The van der Waals surface area contributed by atoms with Crippen molar-refractivity contribution < 1.29 is 8.42 Å². The van der Waals surface area contributed by atoms with Crippen LogP contribution < -0.4 is 5.32 Å². The van der Waals surface area contributed by atoms with E-state index in [9.17, 15) is 8.42 Å². The Kier molecular flexibility index (Phi) is 4.93. The van der Waals surface area contributed by atoms with E-state index in [1.807, 2.05) is 13.0 Å². The molecule has 4 heteroatoms. The van der Waals surface area contributed by atoms with Gasteiger partial charge < -0.3 is 5.32 Å². The molecule has 1 aromatic rings. The molecule has 1 aromatic carbocycles. The Hall–Kier alpha value is -0.870. The van der Waals surface area contributed by atoms with Crippen LogP contribution in [-0.2, 0) is 9.84 Å². The molecule has 3 nitrogen and oxygen atoms in total. The van der Waals surface area contributed by atoms with Gasteiger partial charge in [0.05, 0.1) is 10.6 Å².